The topological polar surface area (TPSA) is 102 Å². The zero-order valence-corrected chi connectivity index (χ0v) is 17.9. The third-order valence-electron chi connectivity index (χ3n) is 5.58. The molecule has 3 heterocycles. The van der Waals surface area contributed by atoms with E-state index in [-0.39, 0.29) is 30.4 Å². The van der Waals surface area contributed by atoms with Crippen LogP contribution in [-0.4, -0.2) is 57.0 Å². The van der Waals surface area contributed by atoms with Gasteiger partial charge in [0.15, 0.2) is 5.65 Å². The minimum atomic E-state index is -0.341. The van der Waals surface area contributed by atoms with Gasteiger partial charge in [-0.1, -0.05) is 20.8 Å². The van der Waals surface area contributed by atoms with Gasteiger partial charge in [0.1, 0.15) is 11.2 Å². The number of carbonyl (C=O) groups excluding carboxylic acids is 1. The number of fused-ring (bicyclic) bond motifs is 5. The zero-order chi connectivity index (χ0) is 20.6. The van der Waals surface area contributed by atoms with Crippen LogP contribution in [0, 0.1) is 11.3 Å². The van der Waals surface area contributed by atoms with Crippen LogP contribution >= 0.6 is 11.3 Å². The Labute approximate surface area is 173 Å². The number of carbonyl (C=O) groups is 1. The molecular formula is C20H27N5O3S. The SMILES string of the molecule is CC(C)(C)[C@@H]1CCc2c(sc3ncn4nc(C(=O)NCCOCCO)nc4c23)C1. The van der Waals surface area contributed by atoms with Crippen LogP contribution in [0.4, 0.5) is 0 Å². The largest absolute Gasteiger partial charge is 0.394 e. The fourth-order valence-electron chi connectivity index (χ4n) is 3.89. The molecule has 1 atom stereocenters. The normalized spacial score (nSPS) is 17.0. The molecule has 4 rings (SSSR count). The molecule has 29 heavy (non-hydrogen) atoms. The van der Waals surface area contributed by atoms with Crippen molar-refractivity contribution in [1.29, 1.82) is 0 Å². The van der Waals surface area contributed by atoms with E-state index in [2.05, 4.69) is 41.2 Å². The Morgan fingerprint density at radius 2 is 2.24 bits per heavy atom. The number of ether oxygens (including phenoxy) is 1. The third-order valence-corrected chi connectivity index (χ3v) is 6.74. The second-order valence-corrected chi connectivity index (χ2v) is 9.61. The summed E-state index contributed by atoms with van der Waals surface area (Å²) in [5.74, 6) is 0.447. The average Bonchev–Trinajstić information content (AvgIpc) is 3.27. The number of aromatic nitrogens is 4. The maximum Gasteiger partial charge on any atom is 0.291 e. The summed E-state index contributed by atoms with van der Waals surface area (Å²) in [5, 5.41) is 16.8. The van der Waals surface area contributed by atoms with E-state index in [1.807, 2.05) is 0 Å². The fraction of sp³-hybridized carbons (Fsp3) is 0.600. The van der Waals surface area contributed by atoms with Crippen molar-refractivity contribution >= 4 is 33.1 Å². The van der Waals surface area contributed by atoms with Crippen molar-refractivity contribution in [1.82, 2.24) is 24.9 Å². The van der Waals surface area contributed by atoms with Gasteiger partial charge < -0.3 is 15.2 Å². The van der Waals surface area contributed by atoms with E-state index in [4.69, 9.17) is 9.84 Å². The summed E-state index contributed by atoms with van der Waals surface area (Å²) >= 11 is 1.74. The van der Waals surface area contributed by atoms with Crippen LogP contribution in [0.3, 0.4) is 0 Å². The van der Waals surface area contributed by atoms with Gasteiger partial charge in [0.25, 0.3) is 5.91 Å². The first-order valence-corrected chi connectivity index (χ1v) is 10.8. The Balaban J connectivity index is 1.60. The minimum Gasteiger partial charge on any atom is -0.394 e. The van der Waals surface area contributed by atoms with E-state index in [1.165, 1.54) is 10.4 Å². The van der Waals surface area contributed by atoms with Crippen LogP contribution in [0.1, 0.15) is 48.3 Å². The number of nitrogens with one attached hydrogen (secondary N) is 1. The lowest BCUT2D eigenvalue weighted by molar-refractivity contribution is 0.0832. The van der Waals surface area contributed by atoms with Gasteiger partial charge in [-0.15, -0.1) is 16.4 Å². The van der Waals surface area contributed by atoms with E-state index < -0.39 is 0 Å². The Kier molecular flexibility index (Phi) is 5.54. The van der Waals surface area contributed by atoms with Crippen LogP contribution in [-0.2, 0) is 17.6 Å². The highest BCUT2D eigenvalue weighted by atomic mass is 32.1. The van der Waals surface area contributed by atoms with Crippen molar-refractivity contribution in [3.8, 4) is 0 Å². The number of aryl methyl sites for hydroxylation is 1. The number of nitrogens with zero attached hydrogens (tertiary/aromatic N) is 4. The molecule has 0 saturated carbocycles. The molecule has 0 aliphatic heterocycles. The highest BCUT2D eigenvalue weighted by Gasteiger charge is 2.32. The number of thiophene rings is 1. The third kappa shape index (κ3) is 3.99. The van der Waals surface area contributed by atoms with Crippen molar-refractivity contribution < 1.29 is 14.6 Å². The second kappa shape index (κ2) is 7.97. The Hall–Kier alpha value is -2.10. The van der Waals surface area contributed by atoms with Crippen molar-refractivity contribution in [2.75, 3.05) is 26.4 Å². The van der Waals surface area contributed by atoms with Crippen molar-refractivity contribution in [2.45, 2.75) is 40.0 Å². The van der Waals surface area contributed by atoms with Gasteiger partial charge in [-0.2, -0.15) is 0 Å². The number of hydrogen-bond donors (Lipinski definition) is 2. The highest BCUT2D eigenvalue weighted by molar-refractivity contribution is 7.19. The Bertz CT molecular complexity index is 1040. The molecule has 156 valence electrons. The lowest BCUT2D eigenvalue weighted by Crippen LogP contribution is -2.28. The van der Waals surface area contributed by atoms with E-state index >= 15 is 0 Å². The number of aliphatic hydroxyl groups excluding tert-OH is 1. The maximum atomic E-state index is 12.4. The molecular weight excluding hydrogens is 390 g/mol. The van der Waals surface area contributed by atoms with E-state index in [1.54, 1.807) is 22.2 Å². The highest BCUT2D eigenvalue weighted by Crippen LogP contribution is 2.43. The number of amides is 1. The summed E-state index contributed by atoms with van der Waals surface area (Å²) in [4.78, 5) is 23.9. The molecule has 8 nitrogen and oxygen atoms in total. The van der Waals surface area contributed by atoms with Crippen LogP contribution in [0.5, 0.6) is 0 Å². The summed E-state index contributed by atoms with van der Waals surface area (Å²) < 4.78 is 6.75. The first-order chi connectivity index (χ1) is 13.9. The lowest BCUT2D eigenvalue weighted by atomic mass is 9.72. The number of aliphatic hydroxyl groups is 1. The smallest absolute Gasteiger partial charge is 0.291 e. The summed E-state index contributed by atoms with van der Waals surface area (Å²) in [6, 6.07) is 0. The van der Waals surface area contributed by atoms with Crippen molar-refractivity contribution in [2.24, 2.45) is 11.3 Å². The Morgan fingerprint density at radius 1 is 1.41 bits per heavy atom. The molecule has 0 spiro atoms. The first kappa shape index (κ1) is 20.2. The van der Waals surface area contributed by atoms with Gasteiger partial charge >= 0.3 is 0 Å². The van der Waals surface area contributed by atoms with Crippen molar-refractivity contribution in [3.05, 3.63) is 22.6 Å². The van der Waals surface area contributed by atoms with Gasteiger partial charge in [-0.3, -0.25) is 4.79 Å². The summed E-state index contributed by atoms with van der Waals surface area (Å²) in [6.07, 6.45) is 4.87. The minimum absolute atomic E-state index is 0.0353. The maximum absolute atomic E-state index is 12.4. The molecule has 0 bridgehead atoms. The predicted octanol–water partition coefficient (Wildman–Crippen LogP) is 2.23. The van der Waals surface area contributed by atoms with E-state index in [9.17, 15) is 4.79 Å². The van der Waals surface area contributed by atoms with Crippen LogP contribution < -0.4 is 5.32 Å². The molecule has 3 aromatic heterocycles. The molecule has 0 aromatic carbocycles. The van der Waals surface area contributed by atoms with Gasteiger partial charge in [0, 0.05) is 11.4 Å². The molecule has 1 aliphatic carbocycles. The predicted molar refractivity (Wildman–Crippen MR) is 111 cm³/mol. The fourth-order valence-corrected chi connectivity index (χ4v) is 5.15. The van der Waals surface area contributed by atoms with Gasteiger partial charge in [-0.05, 0) is 36.2 Å². The molecule has 0 saturated heterocycles. The van der Waals surface area contributed by atoms with Crippen LogP contribution in [0.15, 0.2) is 6.33 Å². The zero-order valence-electron chi connectivity index (χ0n) is 17.1. The molecule has 0 radical (unpaired) electrons. The molecule has 3 aromatic rings. The second-order valence-electron chi connectivity index (χ2n) is 8.53. The van der Waals surface area contributed by atoms with Crippen LogP contribution in [0.25, 0.3) is 15.9 Å². The molecule has 1 aliphatic rings. The molecule has 9 heteroatoms. The first-order valence-electron chi connectivity index (χ1n) is 10.0. The number of rotatable bonds is 6. The molecule has 0 unspecified atom stereocenters. The van der Waals surface area contributed by atoms with Gasteiger partial charge in [0.2, 0.25) is 5.82 Å². The van der Waals surface area contributed by atoms with Gasteiger partial charge in [0.05, 0.1) is 25.2 Å². The summed E-state index contributed by atoms with van der Waals surface area (Å²) in [6.45, 7) is 7.82. The lowest BCUT2D eigenvalue weighted by Gasteiger charge is -2.33. The van der Waals surface area contributed by atoms with Gasteiger partial charge in [-0.25, -0.2) is 14.5 Å². The number of hydrogen-bond acceptors (Lipinski definition) is 7. The monoisotopic (exact) mass is 417 g/mol. The summed E-state index contributed by atoms with van der Waals surface area (Å²) in [5.41, 5.74) is 2.31. The molecule has 2 N–H and O–H groups in total. The Morgan fingerprint density at radius 3 is 3.00 bits per heavy atom. The quantitative estimate of drug-likeness (QED) is 0.597. The van der Waals surface area contributed by atoms with E-state index in [0.717, 1.165) is 29.5 Å². The van der Waals surface area contributed by atoms with E-state index in [0.29, 0.717) is 24.7 Å². The van der Waals surface area contributed by atoms with Crippen molar-refractivity contribution in [3.63, 3.8) is 0 Å². The molecule has 1 amide bonds. The van der Waals surface area contributed by atoms with Crippen LogP contribution in [0.2, 0.25) is 0 Å². The molecule has 0 fully saturated rings. The summed E-state index contributed by atoms with van der Waals surface area (Å²) in [7, 11) is 0. The standard InChI is InChI=1S/C20H27N5O3S/c1-20(2,3)12-4-5-13-14(10-12)29-19-15(13)17-23-16(24-25(17)11-22-19)18(27)21-6-8-28-9-7-26/h11-12,26H,4-10H2,1-3H3,(H,21,27)/t12-/m1/s1. The average molecular weight is 418 g/mol.